The number of hydrogen-bond acceptors (Lipinski definition) is 15. The highest BCUT2D eigenvalue weighted by atomic mass is 31.2. The zero-order chi connectivity index (χ0) is 75.8. The van der Waals surface area contributed by atoms with E-state index in [2.05, 4.69) is 72.8 Å². The lowest BCUT2D eigenvalue weighted by molar-refractivity contribution is -0.161. The van der Waals surface area contributed by atoms with E-state index in [1.165, 1.54) is 199 Å². The lowest BCUT2D eigenvalue weighted by Gasteiger charge is -2.21. The van der Waals surface area contributed by atoms with Crippen LogP contribution in [0.25, 0.3) is 0 Å². The molecule has 3 N–H and O–H groups in total. The Balaban J connectivity index is 5.25. The van der Waals surface area contributed by atoms with Crippen molar-refractivity contribution in [1.29, 1.82) is 0 Å². The molecule has 3 unspecified atom stereocenters. The second-order valence-corrected chi connectivity index (χ2v) is 33.6. The zero-order valence-corrected chi connectivity index (χ0v) is 69.1. The minimum Gasteiger partial charge on any atom is -0.462 e. The molecule has 0 saturated heterocycles. The van der Waals surface area contributed by atoms with E-state index in [1.54, 1.807) is 0 Å². The zero-order valence-electron chi connectivity index (χ0n) is 67.3. The van der Waals surface area contributed by atoms with Crippen molar-refractivity contribution in [2.45, 2.75) is 433 Å². The van der Waals surface area contributed by atoms with Crippen molar-refractivity contribution in [3.8, 4) is 0 Å². The Bertz CT molecular complexity index is 2090. The third kappa shape index (κ3) is 76.1. The molecule has 0 spiro atoms. The minimum absolute atomic E-state index is 0.100. The first-order valence-electron chi connectivity index (χ1n) is 42.7. The van der Waals surface area contributed by atoms with E-state index in [-0.39, 0.29) is 25.7 Å². The summed E-state index contributed by atoms with van der Waals surface area (Å²) in [5.41, 5.74) is 0. The molecule has 17 nitrogen and oxygen atoms in total. The van der Waals surface area contributed by atoms with E-state index in [0.29, 0.717) is 25.7 Å². The molecule has 19 heteroatoms. The van der Waals surface area contributed by atoms with Gasteiger partial charge in [0.05, 0.1) is 26.4 Å². The van der Waals surface area contributed by atoms with E-state index in [4.69, 9.17) is 37.0 Å². The number of carbonyl (C=O) groups excluding carboxylic acids is 4. The van der Waals surface area contributed by atoms with E-state index >= 15 is 0 Å². The van der Waals surface area contributed by atoms with E-state index < -0.39 is 97.5 Å². The highest BCUT2D eigenvalue weighted by Gasteiger charge is 2.30. The quantitative estimate of drug-likeness (QED) is 0.0169. The van der Waals surface area contributed by atoms with Gasteiger partial charge in [0.2, 0.25) is 0 Å². The van der Waals surface area contributed by atoms with Gasteiger partial charge in [-0.2, -0.15) is 0 Å². The average molecular weight is 1500 g/mol. The molecule has 0 aromatic carbocycles. The van der Waals surface area contributed by atoms with Crippen molar-refractivity contribution in [2.75, 3.05) is 39.6 Å². The molecule has 0 saturated carbocycles. The summed E-state index contributed by atoms with van der Waals surface area (Å²) in [5.74, 6) is 0.202. The predicted octanol–water partition coefficient (Wildman–Crippen LogP) is 24.9. The fourth-order valence-electron chi connectivity index (χ4n) is 12.4. The first-order chi connectivity index (χ1) is 49.8. The van der Waals surface area contributed by atoms with Crippen LogP contribution in [0.1, 0.15) is 414 Å². The topological polar surface area (TPSA) is 237 Å². The van der Waals surface area contributed by atoms with Gasteiger partial charge in [0.25, 0.3) is 0 Å². The third-order valence-corrected chi connectivity index (χ3v) is 21.3. The number of phosphoric acid groups is 2. The van der Waals surface area contributed by atoms with Crippen molar-refractivity contribution in [1.82, 2.24) is 0 Å². The van der Waals surface area contributed by atoms with Crippen LogP contribution in [0.5, 0.6) is 0 Å². The maximum absolute atomic E-state index is 13.1. The number of ether oxygens (including phenoxy) is 4. The van der Waals surface area contributed by atoms with Crippen LogP contribution in [0.2, 0.25) is 0 Å². The minimum atomic E-state index is -4.97. The summed E-state index contributed by atoms with van der Waals surface area (Å²) >= 11 is 0. The van der Waals surface area contributed by atoms with Crippen molar-refractivity contribution in [3.63, 3.8) is 0 Å². The van der Waals surface area contributed by atoms with Crippen LogP contribution in [0.4, 0.5) is 0 Å². The Hall–Kier alpha value is -2.46. The molecule has 0 fully saturated rings. The molecule has 0 bridgehead atoms. The predicted molar refractivity (Wildman–Crippen MR) is 423 cm³/mol. The summed E-state index contributed by atoms with van der Waals surface area (Å²) in [4.78, 5) is 73.1. The molecular formula is C84H160O17P2. The number of aliphatic hydroxyl groups excluding tert-OH is 1. The van der Waals surface area contributed by atoms with Crippen LogP contribution in [0.15, 0.2) is 24.3 Å². The summed E-state index contributed by atoms with van der Waals surface area (Å²) in [7, 11) is -9.94. The van der Waals surface area contributed by atoms with E-state index in [9.17, 15) is 43.2 Å². The highest BCUT2D eigenvalue weighted by molar-refractivity contribution is 7.47. The monoisotopic (exact) mass is 1500 g/mol. The normalized spacial score (nSPS) is 14.3. The highest BCUT2D eigenvalue weighted by Crippen LogP contribution is 2.45. The molecule has 0 aliphatic rings. The second kappa shape index (κ2) is 73.7. The number of phosphoric ester groups is 2. The number of esters is 4. The molecule has 0 radical (unpaired) electrons. The first kappa shape index (κ1) is 101. The standard InChI is InChI=1S/C84H160O17P2/c1-8-10-11-12-13-14-15-16-21-28-33-38-43-51-58-65-81(86)94-71-79(100-83(88)67-61-54-45-40-35-30-25-24-27-32-37-42-49-56-63-76(5)6)73-98-102(90,91)96-69-78(85)70-97-103(92,93)99-74-80(72-95-82(87)66-59-52-47-46-50-57-64-77(7)9-2)101-84(89)68-60-53-44-39-34-29-23-20-18-17-19-22-26-31-36-41-48-55-62-75(3)4/h14-16,21,75-80,85H,8-13,17-20,22-74H2,1-7H3,(H,90,91)(H,92,93)/b15-14-,21-16-/t77?,78-,79-,80-/m1/s1. The molecule has 103 heavy (non-hydrogen) atoms. The first-order valence-corrected chi connectivity index (χ1v) is 45.7. The van der Waals surface area contributed by atoms with Crippen LogP contribution < -0.4 is 0 Å². The van der Waals surface area contributed by atoms with Crippen molar-refractivity contribution < 1.29 is 80.2 Å². The van der Waals surface area contributed by atoms with Crippen LogP contribution in [-0.4, -0.2) is 96.7 Å². The summed E-state index contributed by atoms with van der Waals surface area (Å²) in [6.07, 6.45) is 66.1. The Morgan fingerprint density at radius 2 is 0.573 bits per heavy atom. The molecule has 6 atom stereocenters. The molecule has 0 aromatic heterocycles. The van der Waals surface area contributed by atoms with Gasteiger partial charge in [0, 0.05) is 25.7 Å². The SMILES string of the molecule is CCCCCC/C=C\C=C/CCCCCCCC(=O)OC[C@H](COP(=O)(O)OC[C@@H](O)COP(=O)(O)OC[C@@H](COC(=O)CCCCCCCCC(C)CC)OC(=O)CCCCCCCCCCCCCCCCCCCCC(C)C)OC(=O)CCCCCCCCCCCCCCCCC(C)C. The summed E-state index contributed by atoms with van der Waals surface area (Å²) in [6.45, 7) is 11.9. The van der Waals surface area contributed by atoms with Gasteiger partial charge in [-0.25, -0.2) is 9.13 Å². The fraction of sp³-hybridized carbons (Fsp3) is 0.905. The van der Waals surface area contributed by atoms with Gasteiger partial charge in [-0.3, -0.25) is 37.3 Å². The smallest absolute Gasteiger partial charge is 0.462 e. The lowest BCUT2D eigenvalue weighted by Crippen LogP contribution is -2.30. The van der Waals surface area contributed by atoms with Crippen LogP contribution in [0, 0.1) is 17.8 Å². The Labute approximate surface area is 631 Å². The van der Waals surface area contributed by atoms with Gasteiger partial charge in [-0.05, 0) is 69.1 Å². The summed E-state index contributed by atoms with van der Waals surface area (Å²) < 4.78 is 68.8. The van der Waals surface area contributed by atoms with Crippen LogP contribution in [0.3, 0.4) is 0 Å². The molecule has 0 heterocycles. The molecule has 0 aromatic rings. The van der Waals surface area contributed by atoms with Gasteiger partial charge in [-0.15, -0.1) is 0 Å². The molecule has 0 rings (SSSR count). The molecular weight excluding hydrogens is 1340 g/mol. The third-order valence-electron chi connectivity index (χ3n) is 19.4. The largest absolute Gasteiger partial charge is 0.472 e. The molecule has 0 aliphatic heterocycles. The Morgan fingerprint density at radius 3 is 0.864 bits per heavy atom. The summed E-state index contributed by atoms with van der Waals surface area (Å²) in [6, 6.07) is 0. The number of unbranched alkanes of at least 4 members (excludes halogenated alkanes) is 44. The van der Waals surface area contributed by atoms with Gasteiger partial charge in [0.1, 0.15) is 19.3 Å². The van der Waals surface area contributed by atoms with Crippen molar-refractivity contribution in [3.05, 3.63) is 24.3 Å². The van der Waals surface area contributed by atoms with Gasteiger partial charge in [0.15, 0.2) is 12.2 Å². The number of hydrogen-bond donors (Lipinski definition) is 3. The number of aliphatic hydroxyl groups is 1. The Morgan fingerprint density at radius 1 is 0.320 bits per heavy atom. The van der Waals surface area contributed by atoms with E-state index in [1.807, 2.05) is 0 Å². The summed E-state index contributed by atoms with van der Waals surface area (Å²) in [5, 5.41) is 10.7. The molecule has 608 valence electrons. The van der Waals surface area contributed by atoms with E-state index in [0.717, 1.165) is 133 Å². The van der Waals surface area contributed by atoms with Crippen molar-refractivity contribution in [2.24, 2.45) is 17.8 Å². The molecule has 0 aliphatic carbocycles. The lowest BCUT2D eigenvalue weighted by atomic mass is 10.00. The van der Waals surface area contributed by atoms with Crippen LogP contribution in [-0.2, 0) is 65.4 Å². The second-order valence-electron chi connectivity index (χ2n) is 30.7. The van der Waals surface area contributed by atoms with Crippen molar-refractivity contribution >= 4 is 39.5 Å². The van der Waals surface area contributed by atoms with Gasteiger partial charge >= 0.3 is 39.5 Å². The fourth-order valence-corrected chi connectivity index (χ4v) is 14.0. The number of allylic oxidation sites excluding steroid dienone is 4. The van der Waals surface area contributed by atoms with Gasteiger partial charge < -0.3 is 33.8 Å². The number of carbonyl (C=O) groups is 4. The Kier molecular flexibility index (Phi) is 71.9. The maximum Gasteiger partial charge on any atom is 0.472 e. The maximum atomic E-state index is 13.1. The van der Waals surface area contributed by atoms with Crippen LogP contribution >= 0.6 is 15.6 Å². The van der Waals surface area contributed by atoms with Gasteiger partial charge in [-0.1, -0.05) is 362 Å². The molecule has 0 amide bonds. The average Bonchev–Trinajstić information content (AvgIpc) is 0.911. The number of rotatable bonds is 80.